The highest BCUT2D eigenvalue weighted by Gasteiger charge is 2.17. The summed E-state index contributed by atoms with van der Waals surface area (Å²) in [6, 6.07) is 3.57. The molecule has 0 bridgehead atoms. The Labute approximate surface area is 156 Å². The van der Waals surface area contributed by atoms with Crippen molar-refractivity contribution in [2.45, 2.75) is 39.5 Å². The van der Waals surface area contributed by atoms with E-state index in [9.17, 15) is 8.78 Å². The van der Waals surface area contributed by atoms with Crippen molar-refractivity contribution in [3.63, 3.8) is 0 Å². The molecule has 146 valence electrons. The van der Waals surface area contributed by atoms with Crippen molar-refractivity contribution in [3.8, 4) is 0 Å². The zero-order valence-electron chi connectivity index (χ0n) is 16.0. The minimum atomic E-state index is -0.406. The standard InChI is InChI=1S/C20H32F2N4/c1-3-23-20(24-11-7-16-9-13-26(4-2)14-10-16)25-12-8-17-15-18(21)5-6-19(17)22/h5-6,15-16H,3-4,7-14H2,1-2H3,(H2,23,24,25). The van der Waals surface area contributed by atoms with Crippen LogP contribution in [0, 0.1) is 17.6 Å². The molecule has 2 rings (SSSR count). The van der Waals surface area contributed by atoms with Gasteiger partial charge in [-0.15, -0.1) is 0 Å². The molecule has 4 nitrogen and oxygen atoms in total. The Morgan fingerprint density at radius 2 is 1.96 bits per heavy atom. The topological polar surface area (TPSA) is 39.7 Å². The summed E-state index contributed by atoms with van der Waals surface area (Å²) in [5.74, 6) is 0.728. The molecule has 1 saturated heterocycles. The number of nitrogens with zero attached hydrogens (tertiary/aromatic N) is 2. The Balaban J connectivity index is 1.75. The van der Waals surface area contributed by atoms with E-state index in [1.807, 2.05) is 6.92 Å². The van der Waals surface area contributed by atoms with Crippen molar-refractivity contribution >= 4 is 5.96 Å². The average molecular weight is 366 g/mol. The third kappa shape index (κ3) is 6.90. The van der Waals surface area contributed by atoms with Crippen LogP contribution in [0.3, 0.4) is 0 Å². The second-order valence-electron chi connectivity index (χ2n) is 6.84. The highest BCUT2D eigenvalue weighted by Crippen LogP contribution is 2.20. The monoisotopic (exact) mass is 366 g/mol. The molecule has 1 aliphatic rings. The largest absolute Gasteiger partial charge is 0.357 e. The Kier molecular flexibility index (Phi) is 8.81. The van der Waals surface area contributed by atoms with Crippen LogP contribution in [-0.2, 0) is 6.42 Å². The lowest BCUT2D eigenvalue weighted by molar-refractivity contribution is 0.188. The minimum absolute atomic E-state index is 0.367. The van der Waals surface area contributed by atoms with Crippen LogP contribution in [0.25, 0.3) is 0 Å². The normalized spacial score (nSPS) is 16.7. The third-order valence-electron chi connectivity index (χ3n) is 5.00. The van der Waals surface area contributed by atoms with E-state index < -0.39 is 5.82 Å². The van der Waals surface area contributed by atoms with Gasteiger partial charge in [-0.2, -0.15) is 0 Å². The van der Waals surface area contributed by atoms with Gasteiger partial charge in [0.1, 0.15) is 11.6 Å². The number of rotatable bonds is 8. The Hall–Kier alpha value is -1.69. The lowest BCUT2D eigenvalue weighted by atomic mass is 9.94. The lowest BCUT2D eigenvalue weighted by Crippen LogP contribution is -2.38. The summed E-state index contributed by atoms with van der Waals surface area (Å²) in [5, 5.41) is 6.42. The van der Waals surface area contributed by atoms with Crippen LogP contribution in [0.4, 0.5) is 8.78 Å². The Morgan fingerprint density at radius 1 is 1.19 bits per heavy atom. The number of likely N-dealkylation sites (tertiary alicyclic amines) is 1. The van der Waals surface area contributed by atoms with Crippen molar-refractivity contribution in [1.82, 2.24) is 15.5 Å². The predicted molar refractivity (Wildman–Crippen MR) is 103 cm³/mol. The first-order valence-electron chi connectivity index (χ1n) is 9.80. The fraction of sp³-hybridized carbons (Fsp3) is 0.650. The van der Waals surface area contributed by atoms with E-state index >= 15 is 0 Å². The average Bonchev–Trinajstić information content (AvgIpc) is 2.65. The van der Waals surface area contributed by atoms with Gasteiger partial charge in [0, 0.05) is 19.6 Å². The van der Waals surface area contributed by atoms with Crippen LogP contribution >= 0.6 is 0 Å². The van der Waals surface area contributed by atoms with Gasteiger partial charge < -0.3 is 15.5 Å². The Bertz CT molecular complexity index is 569. The van der Waals surface area contributed by atoms with Gasteiger partial charge >= 0.3 is 0 Å². The van der Waals surface area contributed by atoms with Crippen molar-refractivity contribution in [2.75, 3.05) is 39.3 Å². The number of aliphatic imine (C=N–C) groups is 1. The number of guanidine groups is 1. The van der Waals surface area contributed by atoms with Gasteiger partial charge in [0.25, 0.3) is 0 Å². The summed E-state index contributed by atoms with van der Waals surface area (Å²) < 4.78 is 26.9. The fourth-order valence-corrected chi connectivity index (χ4v) is 3.34. The molecule has 26 heavy (non-hydrogen) atoms. The Morgan fingerprint density at radius 3 is 2.65 bits per heavy atom. The molecule has 0 unspecified atom stereocenters. The van der Waals surface area contributed by atoms with E-state index in [4.69, 9.17) is 0 Å². The zero-order valence-corrected chi connectivity index (χ0v) is 16.0. The van der Waals surface area contributed by atoms with Crippen molar-refractivity contribution in [2.24, 2.45) is 10.9 Å². The maximum atomic E-state index is 13.7. The zero-order chi connectivity index (χ0) is 18.8. The van der Waals surface area contributed by atoms with Crippen LogP contribution in [0.1, 0.15) is 38.7 Å². The molecule has 0 aromatic heterocycles. The number of hydrogen-bond acceptors (Lipinski definition) is 2. The molecule has 0 amide bonds. The molecular weight excluding hydrogens is 334 g/mol. The van der Waals surface area contributed by atoms with Crippen molar-refractivity contribution in [3.05, 3.63) is 35.4 Å². The van der Waals surface area contributed by atoms with Gasteiger partial charge in [0.15, 0.2) is 5.96 Å². The molecule has 1 fully saturated rings. The molecule has 2 N–H and O–H groups in total. The summed E-state index contributed by atoms with van der Waals surface area (Å²) in [4.78, 5) is 7.13. The summed E-state index contributed by atoms with van der Waals surface area (Å²) in [6.45, 7) is 9.85. The molecule has 0 radical (unpaired) electrons. The van der Waals surface area contributed by atoms with Gasteiger partial charge in [0.05, 0.1) is 0 Å². The quantitative estimate of drug-likeness (QED) is 0.548. The van der Waals surface area contributed by atoms with Gasteiger partial charge in [-0.25, -0.2) is 8.78 Å². The van der Waals surface area contributed by atoms with E-state index in [2.05, 4.69) is 27.4 Å². The molecular formula is C20H32F2N4. The first-order valence-corrected chi connectivity index (χ1v) is 9.80. The number of hydrogen-bond donors (Lipinski definition) is 2. The van der Waals surface area contributed by atoms with Crippen LogP contribution < -0.4 is 10.6 Å². The molecule has 0 saturated carbocycles. The second-order valence-corrected chi connectivity index (χ2v) is 6.84. The molecule has 0 aliphatic carbocycles. The third-order valence-corrected chi connectivity index (χ3v) is 5.00. The molecule has 0 atom stereocenters. The van der Waals surface area contributed by atoms with Gasteiger partial charge in [-0.05, 0) is 81.9 Å². The summed E-state index contributed by atoms with van der Waals surface area (Å²) in [5.41, 5.74) is 0.385. The lowest BCUT2D eigenvalue weighted by Gasteiger charge is -2.30. The van der Waals surface area contributed by atoms with E-state index in [-0.39, 0.29) is 5.82 Å². The maximum absolute atomic E-state index is 13.7. The summed E-state index contributed by atoms with van der Waals surface area (Å²) >= 11 is 0. The van der Waals surface area contributed by atoms with E-state index in [0.717, 1.165) is 44.0 Å². The van der Waals surface area contributed by atoms with Crippen molar-refractivity contribution in [1.29, 1.82) is 0 Å². The van der Waals surface area contributed by atoms with Crippen molar-refractivity contribution < 1.29 is 8.78 Å². The van der Waals surface area contributed by atoms with Crippen LogP contribution in [0.15, 0.2) is 23.2 Å². The highest BCUT2D eigenvalue weighted by molar-refractivity contribution is 5.79. The molecule has 0 spiro atoms. The second kappa shape index (κ2) is 11.1. The van der Waals surface area contributed by atoms with Crippen LogP contribution in [0.2, 0.25) is 0 Å². The maximum Gasteiger partial charge on any atom is 0.191 e. The molecule has 1 aromatic carbocycles. The predicted octanol–water partition coefficient (Wildman–Crippen LogP) is 3.18. The van der Waals surface area contributed by atoms with Gasteiger partial charge in [-0.1, -0.05) is 6.92 Å². The van der Waals surface area contributed by atoms with Crippen LogP contribution in [0.5, 0.6) is 0 Å². The number of nitrogens with one attached hydrogen (secondary N) is 2. The first-order chi connectivity index (χ1) is 12.6. The minimum Gasteiger partial charge on any atom is -0.357 e. The molecule has 1 heterocycles. The highest BCUT2D eigenvalue weighted by atomic mass is 19.1. The van der Waals surface area contributed by atoms with Gasteiger partial charge in [-0.3, -0.25) is 4.99 Å². The smallest absolute Gasteiger partial charge is 0.191 e. The van der Waals surface area contributed by atoms with E-state index in [0.29, 0.717) is 18.5 Å². The first kappa shape index (κ1) is 20.6. The number of halogens is 2. The van der Waals surface area contributed by atoms with Crippen LogP contribution in [-0.4, -0.2) is 50.1 Å². The molecule has 1 aromatic rings. The summed E-state index contributed by atoms with van der Waals surface area (Å²) in [6.07, 6.45) is 4.04. The van der Waals surface area contributed by atoms with E-state index in [1.54, 1.807) is 0 Å². The number of piperidine rings is 1. The van der Waals surface area contributed by atoms with E-state index in [1.165, 1.54) is 38.1 Å². The fourth-order valence-electron chi connectivity index (χ4n) is 3.34. The molecule has 6 heteroatoms. The van der Waals surface area contributed by atoms with Gasteiger partial charge in [0.2, 0.25) is 0 Å². The summed E-state index contributed by atoms with van der Waals surface area (Å²) in [7, 11) is 0. The SMILES string of the molecule is CCNC(=NCCC1CCN(CC)CC1)NCCc1cc(F)ccc1F. The number of benzene rings is 1. The molecule has 1 aliphatic heterocycles.